The quantitative estimate of drug-likeness (QED) is 0.0192. The van der Waals surface area contributed by atoms with Crippen molar-refractivity contribution < 1.29 is 39.8 Å². The second-order valence-electron chi connectivity index (χ2n) is 11.3. The standard InChI is InChI=1S/C32H72O9S12Si3/c1-12-33-54(34-13-2,35-14-3)29-28-42-48-49-43-30-32(31-26-24-23-25-27-31,46-50-52(44-21-10)55(36-15-4,37-16-5)38-17-6)47-51-53(45-22-11)56(39-18-7,40-19-8)41-20-9/h31H,12-30H2,1-11H3/q+2. The molecule has 0 aromatic carbocycles. The maximum absolute atomic E-state index is 6.55. The van der Waals surface area contributed by atoms with Gasteiger partial charge in [0.1, 0.15) is 4.08 Å². The topological polar surface area (TPSA) is 83.1 Å². The first kappa shape index (κ1) is 58.5. The summed E-state index contributed by atoms with van der Waals surface area (Å²) in [5.74, 6) is 4.39. The fraction of sp³-hybridized carbons (Fsp3) is 1.00. The predicted molar refractivity (Wildman–Crippen MR) is 277 cm³/mol. The zero-order valence-electron chi connectivity index (χ0n) is 35.6. The highest BCUT2D eigenvalue weighted by Crippen LogP contribution is 2.65. The van der Waals surface area contributed by atoms with E-state index in [-0.39, 0.29) is 20.9 Å². The molecule has 0 aromatic rings. The van der Waals surface area contributed by atoms with E-state index in [0.29, 0.717) is 65.4 Å². The van der Waals surface area contributed by atoms with Crippen LogP contribution in [0.1, 0.15) is 108 Å². The van der Waals surface area contributed by atoms with Crippen LogP contribution in [0.5, 0.6) is 0 Å². The van der Waals surface area contributed by atoms with Crippen molar-refractivity contribution >= 4 is 146 Å². The van der Waals surface area contributed by atoms with Gasteiger partial charge in [-0.1, -0.05) is 54.7 Å². The third kappa shape index (κ3) is 20.8. The summed E-state index contributed by atoms with van der Waals surface area (Å²) in [4.78, 5) is 0. The third-order valence-electron chi connectivity index (χ3n) is 7.45. The molecule has 1 fully saturated rings. The van der Waals surface area contributed by atoms with Crippen LogP contribution in [0.25, 0.3) is 0 Å². The Kier molecular flexibility index (Phi) is 37.3. The average molecular weight is 1070 g/mol. The highest BCUT2D eigenvalue weighted by molar-refractivity contribution is 9.32. The van der Waals surface area contributed by atoms with Crippen LogP contribution in [-0.4, -0.2) is 111 Å². The summed E-state index contributed by atoms with van der Waals surface area (Å²) in [6, 6.07) is 0.807. The molecular weight excluding hydrogens is 997 g/mol. The highest BCUT2D eigenvalue weighted by atomic mass is 33.8. The molecule has 1 aliphatic carbocycles. The third-order valence-corrected chi connectivity index (χ3v) is 57.9. The fourth-order valence-electron chi connectivity index (χ4n) is 5.46. The first-order chi connectivity index (χ1) is 27.2. The predicted octanol–water partition coefficient (Wildman–Crippen LogP) is 13.2. The zero-order valence-corrected chi connectivity index (χ0v) is 48.4. The SMILES string of the molecule is CCO[Si](CCSSSSCC(SS[S+](SCC)[Si](OCC)(OCC)OCC)(SS[S+](SCC)[Si](OCC)(OCC)OCC)C1CCCCC1)(OCC)OCC. The normalized spacial score (nSPS) is 17.0. The van der Waals surface area contributed by atoms with Crippen molar-refractivity contribution in [2.45, 2.75) is 118 Å². The Morgan fingerprint density at radius 3 is 1.23 bits per heavy atom. The molecule has 0 amide bonds. The molecule has 0 aliphatic heterocycles. The lowest BCUT2D eigenvalue weighted by molar-refractivity contribution is 0.0728. The number of hydrogen-bond acceptors (Lipinski definition) is 19. The Labute approximate surface area is 388 Å². The van der Waals surface area contributed by atoms with Crippen molar-refractivity contribution in [3.05, 3.63) is 0 Å². The van der Waals surface area contributed by atoms with E-state index in [1.54, 1.807) is 0 Å². The zero-order chi connectivity index (χ0) is 41.6. The van der Waals surface area contributed by atoms with Gasteiger partial charge in [-0.3, -0.25) is 0 Å². The summed E-state index contributed by atoms with van der Waals surface area (Å²) in [5, 5.41) is 0. The van der Waals surface area contributed by atoms with Crippen LogP contribution >= 0.6 is 104 Å². The lowest BCUT2D eigenvalue weighted by atomic mass is 9.87. The Morgan fingerprint density at radius 1 is 0.500 bits per heavy atom. The maximum Gasteiger partial charge on any atom is 0.808 e. The van der Waals surface area contributed by atoms with Gasteiger partial charge >= 0.3 is 24.7 Å². The summed E-state index contributed by atoms with van der Waals surface area (Å²) in [6.07, 6.45) is 6.31. The minimum Gasteiger partial charge on any atom is -0.374 e. The lowest BCUT2D eigenvalue weighted by Gasteiger charge is -2.39. The Morgan fingerprint density at radius 2 is 0.875 bits per heavy atom. The summed E-state index contributed by atoms with van der Waals surface area (Å²) in [7, 11) is 10.3. The van der Waals surface area contributed by atoms with Gasteiger partial charge in [0.05, 0.1) is 21.6 Å². The molecule has 0 heterocycles. The van der Waals surface area contributed by atoms with Gasteiger partial charge in [0.15, 0.2) is 36.5 Å². The molecule has 24 heteroatoms. The molecule has 0 spiro atoms. The highest BCUT2D eigenvalue weighted by Gasteiger charge is 2.69. The van der Waals surface area contributed by atoms with E-state index in [1.807, 2.05) is 103 Å². The van der Waals surface area contributed by atoms with Crippen LogP contribution in [-0.2, 0) is 56.7 Å². The van der Waals surface area contributed by atoms with Crippen LogP contribution in [0.2, 0.25) is 6.04 Å². The molecule has 2 unspecified atom stereocenters. The average Bonchev–Trinajstić information content (AvgIpc) is 3.18. The molecule has 1 saturated carbocycles. The van der Waals surface area contributed by atoms with Crippen molar-refractivity contribution in [3.8, 4) is 0 Å². The minimum absolute atomic E-state index is 0.103. The van der Waals surface area contributed by atoms with Crippen molar-refractivity contribution in [1.82, 2.24) is 0 Å². The Bertz CT molecular complexity index is 857. The van der Waals surface area contributed by atoms with E-state index in [1.165, 1.54) is 32.1 Å². The first-order valence-corrected chi connectivity index (χ1v) is 42.8. The molecule has 0 N–H and O–H groups in total. The van der Waals surface area contributed by atoms with Crippen molar-refractivity contribution in [2.24, 2.45) is 5.92 Å². The van der Waals surface area contributed by atoms with E-state index in [9.17, 15) is 0 Å². The van der Waals surface area contributed by atoms with E-state index in [4.69, 9.17) is 39.8 Å². The molecule has 0 aromatic heterocycles. The lowest BCUT2D eigenvalue weighted by Crippen LogP contribution is -2.51. The molecule has 1 rings (SSSR count). The Hall–Kier alpha value is 4.49. The van der Waals surface area contributed by atoms with Gasteiger partial charge in [0.25, 0.3) is 0 Å². The van der Waals surface area contributed by atoms with Crippen molar-refractivity contribution in [3.63, 3.8) is 0 Å². The van der Waals surface area contributed by atoms with Crippen LogP contribution in [0.4, 0.5) is 0 Å². The van der Waals surface area contributed by atoms with Crippen LogP contribution < -0.4 is 0 Å². The first-order valence-electron chi connectivity index (χ1n) is 20.0. The monoisotopic (exact) mass is 1070 g/mol. The molecule has 9 nitrogen and oxygen atoms in total. The number of hydrogen-bond donors (Lipinski definition) is 0. The molecule has 0 saturated heterocycles. The van der Waals surface area contributed by atoms with Gasteiger partial charge in [-0.15, -0.1) is 0 Å². The molecule has 2 atom stereocenters. The van der Waals surface area contributed by atoms with E-state index in [2.05, 4.69) is 77.0 Å². The maximum atomic E-state index is 6.55. The summed E-state index contributed by atoms with van der Waals surface area (Å²) in [6.45, 7) is 28.1. The second kappa shape index (κ2) is 35.7. The van der Waals surface area contributed by atoms with E-state index >= 15 is 0 Å². The summed E-state index contributed by atoms with van der Waals surface area (Å²) < 4.78 is 57.6. The van der Waals surface area contributed by atoms with Crippen LogP contribution in [0.3, 0.4) is 0 Å². The minimum atomic E-state index is -2.99. The van der Waals surface area contributed by atoms with Gasteiger partial charge in [-0.05, 0) is 122 Å². The van der Waals surface area contributed by atoms with E-state index < -0.39 is 24.7 Å². The molecular formula is C32H72O9S12Si3+2. The van der Waals surface area contributed by atoms with Gasteiger partial charge in [-0.2, -0.15) is 0 Å². The fourth-order valence-corrected chi connectivity index (χ4v) is 60.7. The van der Waals surface area contributed by atoms with Gasteiger partial charge in [-0.25, -0.2) is 0 Å². The van der Waals surface area contributed by atoms with Crippen LogP contribution in [0.15, 0.2) is 0 Å². The van der Waals surface area contributed by atoms with Crippen molar-refractivity contribution in [1.29, 1.82) is 0 Å². The van der Waals surface area contributed by atoms with Crippen LogP contribution in [0, 0.1) is 5.92 Å². The molecule has 1 aliphatic rings. The summed E-state index contributed by atoms with van der Waals surface area (Å²) in [5.41, 5.74) is 0. The largest absolute Gasteiger partial charge is 0.808 e. The molecule has 0 bridgehead atoms. The molecule has 0 radical (unpaired) electrons. The Balaban J connectivity index is 3.54. The van der Waals surface area contributed by atoms with Crippen molar-refractivity contribution in [2.75, 3.05) is 82.5 Å². The molecule has 56 heavy (non-hydrogen) atoms. The molecule has 336 valence electrons. The van der Waals surface area contributed by atoms with E-state index in [0.717, 1.165) is 29.1 Å². The number of rotatable bonds is 39. The summed E-state index contributed by atoms with van der Waals surface area (Å²) >= 11 is 0. The van der Waals surface area contributed by atoms with Gasteiger partial charge in [0.2, 0.25) is 0 Å². The van der Waals surface area contributed by atoms with Gasteiger partial charge in [0, 0.05) is 88.5 Å². The van der Waals surface area contributed by atoms with Gasteiger partial charge < -0.3 is 39.8 Å². The smallest absolute Gasteiger partial charge is 0.374 e. The second-order valence-corrected chi connectivity index (χ2v) is 48.7.